The molecule has 15 nitrogen and oxygen atoms in total. The second-order valence-corrected chi connectivity index (χ2v) is 12.8. The minimum atomic E-state index is -1.32. The fraction of sp³-hybridized carbons (Fsp3) is 0.308. The summed E-state index contributed by atoms with van der Waals surface area (Å²) in [6, 6.07) is 23.8. The molecule has 1 aliphatic heterocycles. The smallest absolute Gasteiger partial charge is 0.410 e. The van der Waals surface area contributed by atoms with Crippen LogP contribution in [0, 0.1) is 0 Å². The molecular weight excluding hydrogens is 694 g/mol. The van der Waals surface area contributed by atoms with Crippen molar-refractivity contribution in [3.63, 3.8) is 0 Å². The third-order valence-corrected chi connectivity index (χ3v) is 9.14. The fourth-order valence-corrected chi connectivity index (χ4v) is 6.48. The van der Waals surface area contributed by atoms with Gasteiger partial charge in [-0.2, -0.15) is 4.98 Å². The van der Waals surface area contributed by atoms with Gasteiger partial charge in [0.1, 0.15) is 42.0 Å². The van der Waals surface area contributed by atoms with Crippen molar-refractivity contribution in [1.82, 2.24) is 29.3 Å². The van der Waals surface area contributed by atoms with Crippen LogP contribution in [0.4, 0.5) is 10.7 Å². The van der Waals surface area contributed by atoms with E-state index in [1.165, 1.54) is 35.3 Å². The summed E-state index contributed by atoms with van der Waals surface area (Å²) in [6.45, 7) is 3.42. The Labute approximate surface area is 312 Å². The maximum absolute atomic E-state index is 13.3. The lowest BCUT2D eigenvalue weighted by Gasteiger charge is -2.37. The lowest BCUT2D eigenvalue weighted by Crippen LogP contribution is -2.48. The number of ether oxygens (including phenoxy) is 5. The van der Waals surface area contributed by atoms with E-state index in [9.17, 15) is 14.7 Å². The summed E-state index contributed by atoms with van der Waals surface area (Å²) in [5.74, 6) is 1.36. The van der Waals surface area contributed by atoms with Crippen molar-refractivity contribution >= 4 is 29.5 Å². The number of hydrogen-bond donors (Lipinski definition) is 2. The van der Waals surface area contributed by atoms with Crippen LogP contribution >= 0.6 is 0 Å². The minimum Gasteiger partial charge on any atom is -0.497 e. The highest BCUT2D eigenvalue weighted by Crippen LogP contribution is 2.43. The number of aromatic amines is 1. The average molecular weight is 738 g/mol. The number of imidazole rings is 1. The summed E-state index contributed by atoms with van der Waals surface area (Å²) in [4.78, 5) is 45.0. The summed E-state index contributed by atoms with van der Waals surface area (Å²) < 4.78 is 31.5. The highest BCUT2D eigenvalue weighted by Gasteiger charge is 2.50. The van der Waals surface area contributed by atoms with Gasteiger partial charge in [0.2, 0.25) is 5.95 Å². The first-order valence-electron chi connectivity index (χ1n) is 17.1. The molecule has 0 radical (unpaired) electrons. The van der Waals surface area contributed by atoms with Gasteiger partial charge in [-0.15, -0.1) is 0 Å². The molecule has 1 saturated heterocycles. The van der Waals surface area contributed by atoms with Gasteiger partial charge in [-0.05, 0) is 41.0 Å². The number of benzene rings is 3. The first kappa shape index (κ1) is 37.7. The number of fused-ring (bicyclic) bond motifs is 1. The third kappa shape index (κ3) is 7.42. The van der Waals surface area contributed by atoms with Crippen molar-refractivity contribution in [1.29, 1.82) is 0 Å². The van der Waals surface area contributed by atoms with Crippen molar-refractivity contribution in [3.8, 4) is 11.5 Å². The molecule has 6 rings (SSSR count). The maximum Gasteiger partial charge on any atom is 0.410 e. The van der Waals surface area contributed by atoms with Gasteiger partial charge in [-0.1, -0.05) is 67.3 Å². The van der Waals surface area contributed by atoms with Crippen molar-refractivity contribution in [3.05, 3.63) is 125 Å². The molecule has 2 N–H and O–H groups in total. The number of aromatic nitrogens is 4. The summed E-state index contributed by atoms with van der Waals surface area (Å²) in [5, 5.41) is 12.1. The highest BCUT2D eigenvalue weighted by atomic mass is 16.6. The highest BCUT2D eigenvalue weighted by molar-refractivity contribution is 5.72. The molecule has 0 unspecified atom stereocenters. The van der Waals surface area contributed by atoms with Crippen LogP contribution in [0.15, 0.2) is 108 Å². The molecule has 54 heavy (non-hydrogen) atoms. The van der Waals surface area contributed by atoms with Gasteiger partial charge in [0.05, 0.1) is 33.5 Å². The molecule has 1 amide bonds. The third-order valence-electron chi connectivity index (χ3n) is 9.14. The van der Waals surface area contributed by atoms with Crippen LogP contribution in [0.2, 0.25) is 0 Å². The van der Waals surface area contributed by atoms with E-state index in [1.54, 1.807) is 33.2 Å². The lowest BCUT2D eigenvalue weighted by molar-refractivity contribution is -0.0935. The Kier molecular flexibility index (Phi) is 11.4. The summed E-state index contributed by atoms with van der Waals surface area (Å²) in [7, 11) is 8.25. The number of methoxy groups -OCH3 is 2. The van der Waals surface area contributed by atoms with Crippen LogP contribution in [-0.2, 0) is 19.8 Å². The second-order valence-electron chi connectivity index (χ2n) is 12.8. The van der Waals surface area contributed by atoms with Crippen LogP contribution in [0.5, 0.6) is 11.5 Å². The van der Waals surface area contributed by atoms with Gasteiger partial charge in [-0.3, -0.25) is 14.3 Å². The van der Waals surface area contributed by atoms with Gasteiger partial charge in [0, 0.05) is 21.1 Å². The zero-order chi connectivity index (χ0) is 38.4. The molecule has 282 valence electrons. The molecule has 0 saturated carbocycles. The molecule has 3 aromatic carbocycles. The normalized spacial score (nSPS) is 18.5. The number of carbonyl (C=O) groups excluding carboxylic acids is 1. The summed E-state index contributed by atoms with van der Waals surface area (Å²) >= 11 is 0. The monoisotopic (exact) mass is 737 g/mol. The van der Waals surface area contributed by atoms with E-state index >= 15 is 0 Å². The molecule has 0 spiro atoms. The molecule has 0 bridgehead atoms. The quantitative estimate of drug-likeness (QED) is 0.0725. The lowest BCUT2D eigenvalue weighted by atomic mass is 9.80. The average Bonchev–Trinajstić information content (AvgIpc) is 3.77. The summed E-state index contributed by atoms with van der Waals surface area (Å²) in [6.07, 6.45) is 0.167. The Morgan fingerprint density at radius 3 is 2.19 bits per heavy atom. The number of aliphatic imine (C=N–C) groups is 1. The van der Waals surface area contributed by atoms with Crippen LogP contribution in [-0.4, -0.2) is 114 Å². The standard InChI is InChI=1S/C39H43N7O8/c1-7-21-52-38(49)45(4)32-33(47)30(54-36(32)46-24-40-31-34(46)42-37(43-35(31)48)41-23-44(2)3)22-53-39(25-11-9-8-10-12-25,26-13-17-28(50-5)18-14-26)27-15-19-29(51-6)20-16-27/h7-20,23-24,30,32-33,36,47H,1,21-22H2,2-6H3,(H,42,43,48)/b41-23+/t30-,32-,33-,36-/m1/s1. The van der Waals surface area contributed by atoms with Crippen LogP contribution in [0.1, 0.15) is 22.9 Å². The number of likely N-dealkylation sites (N-methyl/N-ethyl adjacent to an activating group) is 1. The van der Waals surface area contributed by atoms with E-state index in [2.05, 4.69) is 26.5 Å². The maximum atomic E-state index is 13.3. The Morgan fingerprint density at radius 2 is 1.61 bits per heavy atom. The van der Waals surface area contributed by atoms with E-state index < -0.39 is 41.7 Å². The number of amides is 1. The van der Waals surface area contributed by atoms with Crippen molar-refractivity contribution in [2.45, 2.75) is 30.1 Å². The van der Waals surface area contributed by atoms with Gasteiger partial charge in [0.25, 0.3) is 5.56 Å². The van der Waals surface area contributed by atoms with E-state index in [-0.39, 0.29) is 30.3 Å². The van der Waals surface area contributed by atoms with E-state index in [0.29, 0.717) is 11.5 Å². The number of rotatable bonds is 14. The molecule has 1 aliphatic rings. The predicted molar refractivity (Wildman–Crippen MR) is 201 cm³/mol. The van der Waals surface area contributed by atoms with E-state index in [0.717, 1.165) is 16.7 Å². The SMILES string of the molecule is C=CCOC(=O)N(C)[C@@H]1[C@H](O)[C@@H](COC(c2ccccc2)(c2ccc(OC)cc2)c2ccc(OC)cc2)O[C@H]1n1cnc2c(=O)[nH]c(/N=C/N(C)C)nc21. The van der Waals surface area contributed by atoms with Crippen LogP contribution in [0.25, 0.3) is 11.2 Å². The van der Waals surface area contributed by atoms with E-state index in [4.69, 9.17) is 23.7 Å². The fourth-order valence-electron chi connectivity index (χ4n) is 6.48. The second kappa shape index (κ2) is 16.3. The Hall–Kier alpha value is -6.03. The molecular formula is C39H43N7O8. The number of carbonyl (C=O) groups is 1. The Bertz CT molecular complexity index is 2090. The zero-order valence-electron chi connectivity index (χ0n) is 30.7. The van der Waals surface area contributed by atoms with Gasteiger partial charge < -0.3 is 38.6 Å². The number of nitrogens with zero attached hydrogens (tertiary/aromatic N) is 6. The Morgan fingerprint density at radius 1 is 1.00 bits per heavy atom. The first-order valence-corrected chi connectivity index (χ1v) is 17.1. The molecule has 2 aromatic heterocycles. The molecule has 3 heterocycles. The predicted octanol–water partition coefficient (Wildman–Crippen LogP) is 4.25. The number of hydrogen-bond acceptors (Lipinski definition) is 11. The van der Waals surface area contributed by atoms with Gasteiger partial charge >= 0.3 is 6.09 Å². The van der Waals surface area contributed by atoms with Gasteiger partial charge in [0.15, 0.2) is 17.4 Å². The first-order chi connectivity index (χ1) is 26.1. The molecule has 15 heteroatoms. The van der Waals surface area contributed by atoms with Crippen molar-refractivity contribution < 1.29 is 33.6 Å². The summed E-state index contributed by atoms with van der Waals surface area (Å²) in [5.41, 5.74) is 0.776. The number of H-pyrrole nitrogens is 1. The number of aliphatic hydroxyl groups excluding tert-OH is 1. The van der Waals surface area contributed by atoms with E-state index in [1.807, 2.05) is 78.9 Å². The number of aliphatic hydroxyl groups is 1. The molecule has 1 fully saturated rings. The number of nitrogens with one attached hydrogen (secondary N) is 1. The topological polar surface area (TPSA) is 166 Å². The van der Waals surface area contributed by atoms with Crippen molar-refractivity contribution in [2.75, 3.05) is 48.6 Å². The van der Waals surface area contributed by atoms with Gasteiger partial charge in [-0.25, -0.2) is 14.8 Å². The molecule has 5 aromatic rings. The minimum absolute atomic E-state index is 0.0225. The largest absolute Gasteiger partial charge is 0.497 e. The Balaban J connectivity index is 1.44. The van der Waals surface area contributed by atoms with Crippen molar-refractivity contribution in [2.24, 2.45) is 4.99 Å². The van der Waals surface area contributed by atoms with Crippen LogP contribution < -0.4 is 15.0 Å². The molecule has 4 atom stereocenters. The molecule has 0 aliphatic carbocycles. The zero-order valence-corrected chi connectivity index (χ0v) is 30.7. The van der Waals surface area contributed by atoms with Crippen LogP contribution in [0.3, 0.4) is 0 Å².